The van der Waals surface area contributed by atoms with Crippen molar-refractivity contribution in [3.63, 3.8) is 0 Å². The number of amides is 3. The molecule has 1 aromatic heterocycles. The topological polar surface area (TPSA) is 74.3 Å². The van der Waals surface area contributed by atoms with Crippen molar-refractivity contribution >= 4 is 17.6 Å². The first-order valence-corrected chi connectivity index (χ1v) is 9.00. The van der Waals surface area contributed by atoms with E-state index in [9.17, 15) is 9.59 Å². The second-order valence-electron chi connectivity index (χ2n) is 6.53. The molecule has 2 aromatic rings. The Bertz CT molecular complexity index is 757. The number of likely N-dealkylation sites (tertiary alicyclic amines) is 1. The molecule has 0 spiro atoms. The van der Waals surface area contributed by atoms with Gasteiger partial charge in [-0.05, 0) is 62.1 Å². The maximum absolute atomic E-state index is 12.6. The van der Waals surface area contributed by atoms with Crippen LogP contribution >= 0.6 is 0 Å². The Hall–Kier alpha value is -2.89. The number of urea groups is 1. The van der Waals surface area contributed by atoms with Crippen molar-refractivity contribution in [3.8, 4) is 0 Å². The van der Waals surface area contributed by atoms with Crippen molar-refractivity contribution in [2.24, 2.45) is 0 Å². The third kappa shape index (κ3) is 4.59. The number of rotatable bonds is 4. The van der Waals surface area contributed by atoms with Crippen LogP contribution in [0.2, 0.25) is 0 Å². The Morgan fingerprint density at radius 2 is 1.81 bits per heavy atom. The lowest BCUT2D eigenvalue weighted by Crippen LogP contribution is -2.35. The molecule has 0 aliphatic carbocycles. The molecular formula is C20H24N4O2. The Morgan fingerprint density at radius 1 is 1.08 bits per heavy atom. The molecule has 0 saturated carbocycles. The van der Waals surface area contributed by atoms with Crippen LogP contribution in [-0.2, 0) is 0 Å². The van der Waals surface area contributed by atoms with E-state index in [1.54, 1.807) is 36.7 Å². The van der Waals surface area contributed by atoms with Gasteiger partial charge < -0.3 is 15.5 Å². The molecule has 1 fully saturated rings. The summed E-state index contributed by atoms with van der Waals surface area (Å²) in [6, 6.07) is 10.4. The van der Waals surface area contributed by atoms with Gasteiger partial charge in [-0.3, -0.25) is 9.78 Å². The average molecular weight is 352 g/mol. The smallest absolute Gasteiger partial charge is 0.319 e. The highest BCUT2D eigenvalue weighted by molar-refractivity contribution is 5.97. The Kier molecular flexibility index (Phi) is 5.84. The zero-order valence-electron chi connectivity index (χ0n) is 14.9. The lowest BCUT2D eigenvalue weighted by molar-refractivity contribution is 0.0724. The molecule has 3 amide bonds. The van der Waals surface area contributed by atoms with Gasteiger partial charge in [0, 0.05) is 36.7 Å². The minimum atomic E-state index is -0.308. The van der Waals surface area contributed by atoms with E-state index in [1.807, 2.05) is 24.0 Å². The maximum Gasteiger partial charge on any atom is 0.319 e. The van der Waals surface area contributed by atoms with E-state index in [0.717, 1.165) is 31.5 Å². The van der Waals surface area contributed by atoms with Crippen molar-refractivity contribution in [2.75, 3.05) is 18.4 Å². The van der Waals surface area contributed by atoms with Crippen LogP contribution in [0.4, 0.5) is 10.5 Å². The Labute approximate surface area is 153 Å². The van der Waals surface area contributed by atoms with Crippen molar-refractivity contribution in [1.82, 2.24) is 15.2 Å². The Balaban J connectivity index is 1.61. The van der Waals surface area contributed by atoms with Gasteiger partial charge in [-0.2, -0.15) is 0 Å². The summed E-state index contributed by atoms with van der Waals surface area (Å²) in [5, 5.41) is 5.69. The molecule has 2 N–H and O–H groups in total. The predicted molar refractivity (Wildman–Crippen MR) is 101 cm³/mol. The number of pyridine rings is 1. The molecule has 6 heteroatoms. The standard InChI is InChI=1S/C20H24N4O2/c1-15(16-8-10-21-11-9-16)22-20(26)23-18-7-5-6-17(14-18)19(25)24-12-3-2-4-13-24/h5-11,14-15H,2-4,12-13H2,1H3,(H2,22,23,26). The van der Waals surface area contributed by atoms with Gasteiger partial charge in [0.2, 0.25) is 0 Å². The highest BCUT2D eigenvalue weighted by Gasteiger charge is 2.18. The quantitative estimate of drug-likeness (QED) is 0.883. The summed E-state index contributed by atoms with van der Waals surface area (Å²) in [4.78, 5) is 30.7. The second kappa shape index (κ2) is 8.47. The minimum absolute atomic E-state index is 0.0268. The van der Waals surface area contributed by atoms with E-state index in [4.69, 9.17) is 0 Å². The van der Waals surface area contributed by atoms with Crippen LogP contribution in [0.15, 0.2) is 48.8 Å². The Morgan fingerprint density at radius 3 is 2.54 bits per heavy atom. The molecule has 26 heavy (non-hydrogen) atoms. The zero-order chi connectivity index (χ0) is 18.4. The maximum atomic E-state index is 12.6. The van der Waals surface area contributed by atoms with Crippen molar-refractivity contribution in [2.45, 2.75) is 32.2 Å². The fraction of sp³-hybridized carbons (Fsp3) is 0.350. The third-order valence-corrected chi connectivity index (χ3v) is 4.56. The van der Waals surface area contributed by atoms with Crippen LogP contribution in [0.3, 0.4) is 0 Å². The average Bonchev–Trinajstić information content (AvgIpc) is 2.69. The number of hydrogen-bond donors (Lipinski definition) is 2. The van der Waals surface area contributed by atoms with Gasteiger partial charge in [0.25, 0.3) is 5.91 Å². The van der Waals surface area contributed by atoms with Crippen LogP contribution in [0.25, 0.3) is 0 Å². The van der Waals surface area contributed by atoms with Gasteiger partial charge in [-0.15, -0.1) is 0 Å². The van der Waals surface area contributed by atoms with E-state index in [2.05, 4.69) is 15.6 Å². The number of aromatic nitrogens is 1. The highest BCUT2D eigenvalue weighted by Crippen LogP contribution is 2.17. The summed E-state index contributed by atoms with van der Waals surface area (Å²) in [6.07, 6.45) is 6.68. The fourth-order valence-electron chi connectivity index (χ4n) is 3.11. The lowest BCUT2D eigenvalue weighted by atomic mass is 10.1. The molecule has 1 saturated heterocycles. The highest BCUT2D eigenvalue weighted by atomic mass is 16.2. The summed E-state index contributed by atoms with van der Waals surface area (Å²) in [6.45, 7) is 3.52. The van der Waals surface area contributed by atoms with Crippen LogP contribution in [-0.4, -0.2) is 34.9 Å². The van der Waals surface area contributed by atoms with Crippen molar-refractivity contribution in [3.05, 3.63) is 59.9 Å². The van der Waals surface area contributed by atoms with Crippen LogP contribution in [0.1, 0.15) is 48.1 Å². The van der Waals surface area contributed by atoms with Gasteiger partial charge >= 0.3 is 6.03 Å². The molecule has 1 aliphatic heterocycles. The number of nitrogens with one attached hydrogen (secondary N) is 2. The van der Waals surface area contributed by atoms with Gasteiger partial charge in [-0.25, -0.2) is 4.79 Å². The monoisotopic (exact) mass is 352 g/mol. The van der Waals surface area contributed by atoms with Crippen molar-refractivity contribution < 1.29 is 9.59 Å². The first kappa shape index (κ1) is 17.9. The van der Waals surface area contributed by atoms with E-state index < -0.39 is 0 Å². The number of anilines is 1. The lowest BCUT2D eigenvalue weighted by Gasteiger charge is -2.26. The first-order valence-electron chi connectivity index (χ1n) is 9.00. The normalized spacial score (nSPS) is 15.2. The second-order valence-corrected chi connectivity index (χ2v) is 6.53. The SMILES string of the molecule is CC(NC(=O)Nc1cccc(C(=O)N2CCCCC2)c1)c1ccncc1. The van der Waals surface area contributed by atoms with Crippen molar-refractivity contribution in [1.29, 1.82) is 0 Å². The van der Waals surface area contributed by atoms with Crippen LogP contribution in [0.5, 0.6) is 0 Å². The largest absolute Gasteiger partial charge is 0.339 e. The molecule has 1 aromatic carbocycles. The van der Waals surface area contributed by atoms with E-state index >= 15 is 0 Å². The van der Waals surface area contributed by atoms with E-state index in [-0.39, 0.29) is 18.0 Å². The molecule has 136 valence electrons. The zero-order valence-corrected chi connectivity index (χ0v) is 14.9. The van der Waals surface area contributed by atoms with E-state index in [1.165, 1.54) is 6.42 Å². The number of hydrogen-bond acceptors (Lipinski definition) is 3. The van der Waals surface area contributed by atoms with Gasteiger partial charge in [0.1, 0.15) is 0 Å². The van der Waals surface area contributed by atoms with E-state index in [0.29, 0.717) is 11.3 Å². The third-order valence-electron chi connectivity index (χ3n) is 4.56. The van der Waals surface area contributed by atoms with Crippen LogP contribution < -0.4 is 10.6 Å². The van der Waals surface area contributed by atoms with Crippen LogP contribution in [0, 0.1) is 0 Å². The van der Waals surface area contributed by atoms with Gasteiger partial charge in [0.15, 0.2) is 0 Å². The molecule has 2 heterocycles. The number of piperidine rings is 1. The summed E-state index contributed by atoms with van der Waals surface area (Å²) in [5.74, 6) is 0.0268. The number of nitrogens with zero attached hydrogens (tertiary/aromatic N) is 2. The first-order chi connectivity index (χ1) is 12.6. The number of carbonyl (C=O) groups is 2. The van der Waals surface area contributed by atoms with Gasteiger partial charge in [0.05, 0.1) is 6.04 Å². The molecule has 3 rings (SSSR count). The molecule has 1 atom stereocenters. The molecular weight excluding hydrogens is 328 g/mol. The summed E-state index contributed by atoms with van der Waals surface area (Å²) in [5.41, 5.74) is 2.18. The summed E-state index contributed by atoms with van der Waals surface area (Å²) < 4.78 is 0. The summed E-state index contributed by atoms with van der Waals surface area (Å²) in [7, 11) is 0. The summed E-state index contributed by atoms with van der Waals surface area (Å²) >= 11 is 0. The molecule has 1 unspecified atom stereocenters. The molecule has 1 aliphatic rings. The minimum Gasteiger partial charge on any atom is -0.339 e. The fourth-order valence-corrected chi connectivity index (χ4v) is 3.11. The number of carbonyl (C=O) groups excluding carboxylic acids is 2. The number of benzene rings is 1. The predicted octanol–water partition coefficient (Wildman–Crippen LogP) is 3.59. The molecule has 0 bridgehead atoms. The molecule has 0 radical (unpaired) electrons. The molecule has 6 nitrogen and oxygen atoms in total. The van der Waals surface area contributed by atoms with Gasteiger partial charge in [-0.1, -0.05) is 6.07 Å².